The molecule has 126 valence electrons. The zero-order valence-electron chi connectivity index (χ0n) is 14.2. The monoisotopic (exact) mass is 318 g/mol. The topological polar surface area (TPSA) is 55.9 Å². The predicted octanol–water partition coefficient (Wildman–Crippen LogP) is 1.28. The van der Waals surface area contributed by atoms with Crippen LogP contribution in [0, 0.1) is 0 Å². The van der Waals surface area contributed by atoms with Gasteiger partial charge in [0.15, 0.2) is 5.78 Å². The molecule has 0 aromatic heterocycles. The molecule has 1 aliphatic rings. The number of amides is 2. The zero-order valence-corrected chi connectivity index (χ0v) is 14.2. The molecular weight excluding hydrogens is 292 g/mol. The van der Waals surface area contributed by atoms with Gasteiger partial charge in [-0.25, -0.2) is 4.79 Å². The van der Waals surface area contributed by atoms with Crippen molar-refractivity contribution in [3.05, 3.63) is 29.8 Å². The number of ketones is 1. The Morgan fingerprint density at radius 1 is 1.09 bits per heavy atom. The van der Waals surface area contributed by atoms with E-state index in [-0.39, 0.29) is 11.8 Å². The number of rotatable bonds is 5. The largest absolute Gasteiger partial charge is 0.368 e. The van der Waals surface area contributed by atoms with Crippen LogP contribution in [-0.2, 0) is 0 Å². The highest BCUT2D eigenvalue weighted by Gasteiger charge is 2.21. The molecule has 1 aromatic carbocycles. The van der Waals surface area contributed by atoms with Crippen LogP contribution >= 0.6 is 0 Å². The minimum Gasteiger partial charge on any atom is -0.368 e. The van der Waals surface area contributed by atoms with E-state index >= 15 is 0 Å². The third-order valence-electron chi connectivity index (χ3n) is 4.04. The number of likely N-dealkylation sites (N-methyl/N-ethyl adjacent to an activating group) is 1. The van der Waals surface area contributed by atoms with Crippen molar-refractivity contribution in [3.8, 4) is 0 Å². The van der Waals surface area contributed by atoms with Crippen LogP contribution in [0.5, 0.6) is 0 Å². The van der Waals surface area contributed by atoms with Gasteiger partial charge in [0.05, 0.1) is 0 Å². The Kier molecular flexibility index (Phi) is 5.98. The summed E-state index contributed by atoms with van der Waals surface area (Å²) >= 11 is 0. The van der Waals surface area contributed by atoms with Crippen LogP contribution in [0.25, 0.3) is 0 Å². The summed E-state index contributed by atoms with van der Waals surface area (Å²) in [7, 11) is 3.98. The number of urea groups is 1. The van der Waals surface area contributed by atoms with E-state index in [0.717, 1.165) is 30.9 Å². The van der Waals surface area contributed by atoms with Gasteiger partial charge in [0.2, 0.25) is 0 Å². The standard InChI is InChI=1S/C17H26N4O2/c1-14(22)15-4-6-16(7-5-15)20-10-12-21(13-11-20)17(23)18-8-9-19(2)3/h4-7H,8-13H2,1-3H3,(H,18,23). The van der Waals surface area contributed by atoms with Crippen LogP contribution in [0.2, 0.25) is 0 Å². The molecule has 0 unspecified atom stereocenters. The molecule has 1 saturated heterocycles. The fourth-order valence-electron chi connectivity index (χ4n) is 2.57. The molecule has 0 atom stereocenters. The average Bonchev–Trinajstić information content (AvgIpc) is 2.54. The number of hydrogen-bond acceptors (Lipinski definition) is 4. The van der Waals surface area contributed by atoms with E-state index in [9.17, 15) is 9.59 Å². The van der Waals surface area contributed by atoms with Crippen molar-refractivity contribution in [2.24, 2.45) is 0 Å². The zero-order chi connectivity index (χ0) is 16.8. The summed E-state index contributed by atoms with van der Waals surface area (Å²) in [5, 5.41) is 2.95. The number of benzene rings is 1. The molecule has 1 N–H and O–H groups in total. The van der Waals surface area contributed by atoms with Crippen molar-refractivity contribution < 1.29 is 9.59 Å². The van der Waals surface area contributed by atoms with Crippen LogP contribution in [-0.4, -0.2) is 75.0 Å². The molecule has 1 heterocycles. The van der Waals surface area contributed by atoms with E-state index in [1.165, 1.54) is 0 Å². The SMILES string of the molecule is CC(=O)c1ccc(N2CCN(C(=O)NCCN(C)C)CC2)cc1. The summed E-state index contributed by atoms with van der Waals surface area (Å²) in [5.41, 5.74) is 1.83. The maximum Gasteiger partial charge on any atom is 0.317 e. The third-order valence-corrected chi connectivity index (χ3v) is 4.04. The molecule has 0 saturated carbocycles. The molecule has 0 bridgehead atoms. The van der Waals surface area contributed by atoms with Gasteiger partial charge in [0.1, 0.15) is 0 Å². The second-order valence-electron chi connectivity index (χ2n) is 6.11. The van der Waals surface area contributed by atoms with Crippen molar-refractivity contribution in [1.29, 1.82) is 0 Å². The Hall–Kier alpha value is -2.08. The highest BCUT2D eigenvalue weighted by Crippen LogP contribution is 2.17. The number of Topliss-reactive ketones (excluding diaryl/α,β-unsaturated/α-hetero) is 1. The Balaban J connectivity index is 1.81. The maximum atomic E-state index is 12.1. The normalized spacial score (nSPS) is 15.0. The van der Waals surface area contributed by atoms with Crippen molar-refractivity contribution in [1.82, 2.24) is 15.1 Å². The van der Waals surface area contributed by atoms with Crippen LogP contribution < -0.4 is 10.2 Å². The Morgan fingerprint density at radius 3 is 2.22 bits per heavy atom. The van der Waals surface area contributed by atoms with Gasteiger partial charge >= 0.3 is 6.03 Å². The molecule has 0 radical (unpaired) electrons. The molecule has 0 aliphatic carbocycles. The van der Waals surface area contributed by atoms with Gasteiger partial charge in [-0.15, -0.1) is 0 Å². The summed E-state index contributed by atoms with van der Waals surface area (Å²) in [6.07, 6.45) is 0. The molecule has 6 nitrogen and oxygen atoms in total. The summed E-state index contributed by atoms with van der Waals surface area (Å²) in [4.78, 5) is 29.5. The van der Waals surface area contributed by atoms with E-state index in [2.05, 4.69) is 10.2 Å². The second-order valence-corrected chi connectivity index (χ2v) is 6.11. The number of piperazine rings is 1. The fraction of sp³-hybridized carbons (Fsp3) is 0.529. The predicted molar refractivity (Wildman–Crippen MR) is 92.2 cm³/mol. The molecule has 1 aliphatic heterocycles. The number of hydrogen-bond donors (Lipinski definition) is 1. The Morgan fingerprint density at radius 2 is 1.70 bits per heavy atom. The van der Waals surface area contributed by atoms with Crippen molar-refractivity contribution >= 4 is 17.5 Å². The quantitative estimate of drug-likeness (QED) is 0.831. The minimum absolute atomic E-state index is 0.0124. The molecule has 23 heavy (non-hydrogen) atoms. The summed E-state index contributed by atoms with van der Waals surface area (Å²) < 4.78 is 0. The number of carbonyl (C=O) groups is 2. The van der Waals surface area contributed by atoms with Crippen LogP contribution in [0.3, 0.4) is 0 Å². The lowest BCUT2D eigenvalue weighted by molar-refractivity contribution is 0.101. The lowest BCUT2D eigenvalue weighted by Crippen LogP contribution is -2.52. The molecule has 1 fully saturated rings. The first kappa shape index (κ1) is 17.3. The summed E-state index contributed by atoms with van der Waals surface area (Å²) in [6, 6.07) is 7.68. The van der Waals surface area contributed by atoms with Gasteiger partial charge in [0, 0.05) is 50.5 Å². The lowest BCUT2D eigenvalue weighted by atomic mass is 10.1. The molecular formula is C17H26N4O2. The molecule has 2 rings (SSSR count). The van der Waals surface area contributed by atoms with E-state index in [1.807, 2.05) is 48.2 Å². The van der Waals surface area contributed by atoms with Gasteiger partial charge in [-0.3, -0.25) is 4.79 Å². The highest BCUT2D eigenvalue weighted by molar-refractivity contribution is 5.94. The second kappa shape index (κ2) is 7.97. The van der Waals surface area contributed by atoms with Gasteiger partial charge in [-0.05, 0) is 45.3 Å². The van der Waals surface area contributed by atoms with Crippen molar-refractivity contribution in [3.63, 3.8) is 0 Å². The highest BCUT2D eigenvalue weighted by atomic mass is 16.2. The first-order valence-electron chi connectivity index (χ1n) is 8.01. The maximum absolute atomic E-state index is 12.1. The van der Waals surface area contributed by atoms with Crippen LogP contribution in [0.4, 0.5) is 10.5 Å². The number of carbonyl (C=O) groups excluding carboxylic acids is 2. The molecule has 0 spiro atoms. The molecule has 1 aromatic rings. The number of nitrogens with zero attached hydrogens (tertiary/aromatic N) is 3. The Labute approximate surface area is 138 Å². The van der Waals surface area contributed by atoms with E-state index in [1.54, 1.807) is 6.92 Å². The smallest absolute Gasteiger partial charge is 0.317 e. The third kappa shape index (κ3) is 4.96. The molecule has 6 heteroatoms. The summed E-state index contributed by atoms with van der Waals surface area (Å²) in [6.45, 7) is 6.11. The van der Waals surface area contributed by atoms with Gasteiger partial charge < -0.3 is 20.0 Å². The van der Waals surface area contributed by atoms with E-state index < -0.39 is 0 Å². The van der Waals surface area contributed by atoms with Crippen LogP contribution in [0.1, 0.15) is 17.3 Å². The van der Waals surface area contributed by atoms with Crippen LogP contribution in [0.15, 0.2) is 24.3 Å². The lowest BCUT2D eigenvalue weighted by Gasteiger charge is -2.36. The van der Waals surface area contributed by atoms with Crippen molar-refractivity contribution in [2.75, 3.05) is 58.3 Å². The van der Waals surface area contributed by atoms with E-state index in [4.69, 9.17) is 0 Å². The Bertz CT molecular complexity index is 534. The van der Waals surface area contributed by atoms with Gasteiger partial charge in [0.25, 0.3) is 0 Å². The number of nitrogens with one attached hydrogen (secondary N) is 1. The number of anilines is 1. The minimum atomic E-state index is 0.0124. The van der Waals surface area contributed by atoms with Gasteiger partial charge in [-0.2, -0.15) is 0 Å². The van der Waals surface area contributed by atoms with Gasteiger partial charge in [-0.1, -0.05) is 0 Å². The van der Waals surface area contributed by atoms with Crippen molar-refractivity contribution in [2.45, 2.75) is 6.92 Å². The first-order chi connectivity index (χ1) is 11.0. The molecule has 2 amide bonds. The first-order valence-corrected chi connectivity index (χ1v) is 8.01. The van der Waals surface area contributed by atoms with E-state index in [0.29, 0.717) is 19.6 Å². The average molecular weight is 318 g/mol. The summed E-state index contributed by atoms with van der Waals surface area (Å²) in [5.74, 6) is 0.0794. The fourth-order valence-corrected chi connectivity index (χ4v) is 2.57.